The van der Waals surface area contributed by atoms with Gasteiger partial charge >= 0.3 is 0 Å². The molecule has 2 heterocycles. The van der Waals surface area contributed by atoms with Crippen molar-refractivity contribution >= 4 is 45.9 Å². The minimum atomic E-state index is -2.67. The Morgan fingerprint density at radius 3 is 1.54 bits per heavy atom. The van der Waals surface area contributed by atoms with Gasteiger partial charge in [-0.2, -0.15) is 5.26 Å². The number of nitrogens with zero attached hydrogens (tertiary/aromatic N) is 3. The predicted octanol–water partition coefficient (Wildman–Crippen LogP) is 7.45. The second-order valence-electron chi connectivity index (χ2n) is 11.5. The normalized spacial score (nSPS) is 12.9. The van der Waals surface area contributed by atoms with Crippen LogP contribution < -0.4 is 25.6 Å². The maximum absolute atomic E-state index is 9.34. The smallest absolute Gasteiger partial charge is 0.184 e. The van der Waals surface area contributed by atoms with E-state index in [1.807, 2.05) is 12.1 Å². The van der Waals surface area contributed by atoms with E-state index in [-0.39, 0.29) is 0 Å². The SMILES string of the molecule is N#Cc1cccc(-c2ccc(-c3ccccc3N3c4ccccc4[Si](c4ccccc4)(c4ccccc4)c4ccccc43)cc2)n1. The molecule has 46 heavy (non-hydrogen) atoms. The zero-order valence-corrected chi connectivity index (χ0v) is 26.1. The summed E-state index contributed by atoms with van der Waals surface area (Å²) < 4.78 is 0. The molecule has 0 atom stereocenters. The van der Waals surface area contributed by atoms with Crippen LogP contribution in [0.25, 0.3) is 22.4 Å². The highest BCUT2D eigenvalue weighted by Crippen LogP contribution is 2.43. The molecule has 1 aromatic heterocycles. The topological polar surface area (TPSA) is 39.9 Å². The van der Waals surface area contributed by atoms with Crippen LogP contribution in [0, 0.1) is 11.3 Å². The molecular weight excluding hydrogens is 575 g/mol. The number of pyridine rings is 1. The fourth-order valence-electron chi connectivity index (χ4n) is 7.06. The summed E-state index contributed by atoms with van der Waals surface area (Å²) in [4.78, 5) is 6.96. The van der Waals surface area contributed by atoms with Crippen LogP contribution in [0.15, 0.2) is 176 Å². The lowest BCUT2D eigenvalue weighted by atomic mass is 9.99. The summed E-state index contributed by atoms with van der Waals surface area (Å²) in [6.45, 7) is 0. The quantitative estimate of drug-likeness (QED) is 0.192. The lowest BCUT2D eigenvalue weighted by Gasteiger charge is -2.45. The highest BCUT2D eigenvalue weighted by Gasteiger charge is 2.48. The second-order valence-corrected chi connectivity index (χ2v) is 15.2. The number of nitriles is 1. The van der Waals surface area contributed by atoms with E-state index in [2.05, 4.69) is 174 Å². The van der Waals surface area contributed by atoms with Gasteiger partial charge in [0.25, 0.3) is 0 Å². The van der Waals surface area contributed by atoms with Gasteiger partial charge in [-0.15, -0.1) is 0 Å². The number of hydrogen-bond donors (Lipinski definition) is 0. The van der Waals surface area contributed by atoms with Gasteiger partial charge in [-0.05, 0) is 56.6 Å². The molecule has 3 nitrogen and oxygen atoms in total. The Bertz CT molecular complexity index is 2130. The maximum Gasteiger partial charge on any atom is 0.184 e. The molecule has 0 aliphatic carbocycles. The van der Waals surface area contributed by atoms with Crippen molar-refractivity contribution in [3.8, 4) is 28.5 Å². The van der Waals surface area contributed by atoms with Crippen LogP contribution in [-0.2, 0) is 0 Å². The van der Waals surface area contributed by atoms with E-state index in [4.69, 9.17) is 0 Å². The van der Waals surface area contributed by atoms with Gasteiger partial charge in [0.1, 0.15) is 11.8 Å². The maximum atomic E-state index is 9.34. The van der Waals surface area contributed by atoms with Crippen LogP contribution in [0.4, 0.5) is 17.1 Å². The fraction of sp³-hybridized carbons (Fsp3) is 0. The molecular formula is C42H29N3Si. The minimum Gasteiger partial charge on any atom is -0.310 e. The minimum absolute atomic E-state index is 0.417. The summed E-state index contributed by atoms with van der Waals surface area (Å²) in [7, 11) is -2.67. The first-order valence-electron chi connectivity index (χ1n) is 15.5. The number of hydrogen-bond acceptors (Lipinski definition) is 3. The molecule has 0 N–H and O–H groups in total. The lowest BCUT2D eigenvalue weighted by Crippen LogP contribution is -2.77. The predicted molar refractivity (Wildman–Crippen MR) is 192 cm³/mol. The molecule has 0 saturated heterocycles. The number of benzene rings is 6. The van der Waals surface area contributed by atoms with Crippen LogP contribution in [-0.4, -0.2) is 13.1 Å². The van der Waals surface area contributed by atoms with E-state index in [0.717, 1.165) is 28.1 Å². The molecule has 0 fully saturated rings. The molecule has 0 unspecified atom stereocenters. The standard InChI is InChI=1S/C42H29N3Si/c43-30-33-14-13-20-37(44-33)32-28-26-31(27-29-32)36-19-7-8-21-38(36)45-39-22-9-11-24-41(39)46(34-15-3-1-4-16-34,35-17-5-2-6-18-35)42-25-12-10-23-40(42)45/h1-29H. The van der Waals surface area contributed by atoms with Crippen molar-refractivity contribution in [2.45, 2.75) is 0 Å². The average Bonchev–Trinajstić information content (AvgIpc) is 3.15. The molecule has 0 amide bonds. The summed E-state index contributed by atoms with van der Waals surface area (Å²) in [6, 6.07) is 65.1. The molecule has 8 rings (SSSR count). The van der Waals surface area contributed by atoms with Crippen LogP contribution in [0.1, 0.15) is 5.69 Å². The third-order valence-corrected chi connectivity index (χ3v) is 13.9. The molecule has 7 aromatic rings. The summed E-state index contributed by atoms with van der Waals surface area (Å²) in [5.74, 6) is 0. The molecule has 4 heteroatoms. The molecule has 0 bridgehead atoms. The Morgan fingerprint density at radius 1 is 0.457 bits per heavy atom. The molecule has 0 radical (unpaired) electrons. The zero-order chi connectivity index (χ0) is 30.9. The highest BCUT2D eigenvalue weighted by atomic mass is 28.3. The van der Waals surface area contributed by atoms with Gasteiger partial charge in [0, 0.05) is 22.5 Å². The molecule has 6 aromatic carbocycles. The Morgan fingerprint density at radius 2 is 0.957 bits per heavy atom. The second kappa shape index (κ2) is 11.5. The van der Waals surface area contributed by atoms with E-state index < -0.39 is 8.07 Å². The zero-order valence-electron chi connectivity index (χ0n) is 25.1. The molecule has 0 spiro atoms. The molecule has 216 valence electrons. The van der Waals surface area contributed by atoms with E-state index in [1.54, 1.807) is 6.07 Å². The number of para-hydroxylation sites is 3. The van der Waals surface area contributed by atoms with E-state index in [0.29, 0.717) is 5.69 Å². The first kappa shape index (κ1) is 27.5. The monoisotopic (exact) mass is 603 g/mol. The van der Waals surface area contributed by atoms with Crippen molar-refractivity contribution in [1.29, 1.82) is 5.26 Å². The van der Waals surface area contributed by atoms with Gasteiger partial charge in [0.15, 0.2) is 8.07 Å². The third-order valence-electron chi connectivity index (χ3n) is 9.01. The first-order valence-corrected chi connectivity index (χ1v) is 17.5. The Labute approximate surface area is 270 Å². The van der Waals surface area contributed by atoms with Gasteiger partial charge in [-0.3, -0.25) is 0 Å². The largest absolute Gasteiger partial charge is 0.310 e. The van der Waals surface area contributed by atoms with Crippen molar-refractivity contribution in [2.75, 3.05) is 4.90 Å². The van der Waals surface area contributed by atoms with E-state index >= 15 is 0 Å². The Balaban J connectivity index is 1.34. The summed E-state index contributed by atoms with van der Waals surface area (Å²) in [6.07, 6.45) is 0. The van der Waals surface area contributed by atoms with Crippen molar-refractivity contribution < 1.29 is 0 Å². The van der Waals surface area contributed by atoms with E-state index in [9.17, 15) is 5.26 Å². The highest BCUT2D eigenvalue weighted by molar-refractivity contribution is 7.21. The molecule has 0 saturated carbocycles. The van der Waals surface area contributed by atoms with Crippen LogP contribution in [0.5, 0.6) is 0 Å². The molecule has 1 aliphatic rings. The summed E-state index contributed by atoms with van der Waals surface area (Å²) in [5.41, 5.74) is 8.00. The number of rotatable bonds is 5. The number of anilines is 3. The van der Waals surface area contributed by atoms with Crippen molar-refractivity contribution in [3.63, 3.8) is 0 Å². The van der Waals surface area contributed by atoms with Gasteiger partial charge < -0.3 is 4.90 Å². The van der Waals surface area contributed by atoms with Crippen LogP contribution in [0.3, 0.4) is 0 Å². The van der Waals surface area contributed by atoms with Gasteiger partial charge in [-0.25, -0.2) is 4.98 Å². The van der Waals surface area contributed by atoms with Crippen LogP contribution >= 0.6 is 0 Å². The van der Waals surface area contributed by atoms with Crippen molar-refractivity contribution in [3.05, 3.63) is 182 Å². The van der Waals surface area contributed by atoms with E-state index in [1.165, 1.54) is 32.1 Å². The summed E-state index contributed by atoms with van der Waals surface area (Å²) >= 11 is 0. The summed E-state index contributed by atoms with van der Waals surface area (Å²) in [5, 5.41) is 14.8. The number of fused-ring (bicyclic) bond motifs is 2. The third kappa shape index (κ3) is 4.37. The van der Waals surface area contributed by atoms with Crippen molar-refractivity contribution in [2.24, 2.45) is 0 Å². The van der Waals surface area contributed by atoms with Gasteiger partial charge in [0.2, 0.25) is 0 Å². The fourth-order valence-corrected chi connectivity index (χ4v) is 12.2. The Hall–Kier alpha value is -6.02. The Kier molecular flexibility index (Phi) is 6.87. The van der Waals surface area contributed by atoms with Gasteiger partial charge in [-0.1, -0.05) is 146 Å². The van der Waals surface area contributed by atoms with Gasteiger partial charge in [0.05, 0.1) is 11.4 Å². The number of aromatic nitrogens is 1. The average molecular weight is 604 g/mol. The first-order chi connectivity index (χ1) is 22.8. The molecule has 1 aliphatic heterocycles. The van der Waals surface area contributed by atoms with Crippen LogP contribution in [0.2, 0.25) is 0 Å². The van der Waals surface area contributed by atoms with Crippen molar-refractivity contribution in [1.82, 2.24) is 4.98 Å². The lowest BCUT2D eigenvalue weighted by molar-refractivity contribution is 1.26.